The minimum atomic E-state index is 0.448. The van der Waals surface area contributed by atoms with Crippen LogP contribution in [-0.2, 0) is 13.0 Å². The Hall–Kier alpha value is -1.80. The van der Waals surface area contributed by atoms with Crippen LogP contribution < -0.4 is 10.2 Å². The molecular weight excluding hydrogens is 256 g/mol. The Morgan fingerprint density at radius 2 is 1.86 bits per heavy atom. The normalized spacial score (nSPS) is 17.9. The first-order valence-corrected chi connectivity index (χ1v) is 7.90. The quantitative estimate of drug-likeness (QED) is 0.916. The van der Waals surface area contributed by atoms with Crippen LogP contribution in [0, 0.1) is 0 Å². The fourth-order valence-corrected chi connectivity index (χ4v) is 3.19. The molecule has 0 radical (unpaired) electrons. The van der Waals surface area contributed by atoms with Gasteiger partial charge >= 0.3 is 0 Å². The largest absolute Gasteiger partial charge is 0.367 e. The van der Waals surface area contributed by atoms with Crippen LogP contribution >= 0.6 is 0 Å². The molecule has 0 fully saturated rings. The molecule has 3 rings (SSSR count). The second kappa shape index (κ2) is 6.31. The van der Waals surface area contributed by atoms with E-state index in [0.717, 1.165) is 25.9 Å². The summed E-state index contributed by atoms with van der Waals surface area (Å²) in [6.45, 7) is 4.25. The van der Waals surface area contributed by atoms with Crippen molar-refractivity contribution in [1.82, 2.24) is 5.32 Å². The molecule has 1 atom stereocenters. The molecule has 0 bridgehead atoms. The lowest BCUT2D eigenvalue weighted by atomic mass is 9.97. The van der Waals surface area contributed by atoms with Crippen LogP contribution in [0.25, 0.3) is 0 Å². The minimum Gasteiger partial charge on any atom is -0.367 e. The Morgan fingerprint density at radius 3 is 2.62 bits per heavy atom. The van der Waals surface area contributed by atoms with Gasteiger partial charge in [-0.25, -0.2) is 0 Å². The highest BCUT2D eigenvalue weighted by molar-refractivity contribution is 5.50. The predicted octanol–water partition coefficient (Wildman–Crippen LogP) is 3.92. The summed E-state index contributed by atoms with van der Waals surface area (Å²) >= 11 is 0. The van der Waals surface area contributed by atoms with Crippen LogP contribution in [0.15, 0.2) is 48.5 Å². The zero-order valence-electron chi connectivity index (χ0n) is 13.0. The summed E-state index contributed by atoms with van der Waals surface area (Å²) in [5.74, 6) is 0. The smallest absolute Gasteiger partial charge is 0.0554 e. The fourth-order valence-electron chi connectivity index (χ4n) is 3.19. The van der Waals surface area contributed by atoms with Crippen molar-refractivity contribution in [3.63, 3.8) is 0 Å². The van der Waals surface area contributed by atoms with Crippen molar-refractivity contribution in [1.29, 1.82) is 0 Å². The van der Waals surface area contributed by atoms with Gasteiger partial charge in [-0.15, -0.1) is 0 Å². The number of rotatable bonds is 3. The summed E-state index contributed by atoms with van der Waals surface area (Å²) < 4.78 is 0. The van der Waals surface area contributed by atoms with E-state index < -0.39 is 0 Å². The van der Waals surface area contributed by atoms with Gasteiger partial charge in [0.2, 0.25) is 0 Å². The lowest BCUT2D eigenvalue weighted by Gasteiger charge is -2.30. The molecule has 1 unspecified atom stereocenters. The van der Waals surface area contributed by atoms with Crippen molar-refractivity contribution in [2.45, 2.75) is 32.4 Å². The highest BCUT2D eigenvalue weighted by atomic mass is 15.1. The molecule has 21 heavy (non-hydrogen) atoms. The zero-order valence-corrected chi connectivity index (χ0v) is 13.0. The van der Waals surface area contributed by atoms with Crippen LogP contribution in [0.5, 0.6) is 0 Å². The topological polar surface area (TPSA) is 15.3 Å². The molecule has 110 valence electrons. The van der Waals surface area contributed by atoms with Crippen molar-refractivity contribution in [2.24, 2.45) is 0 Å². The molecule has 0 aromatic heterocycles. The molecule has 0 aliphatic carbocycles. The highest BCUT2D eigenvalue weighted by Gasteiger charge is 2.22. The van der Waals surface area contributed by atoms with E-state index in [1.807, 2.05) is 0 Å². The molecule has 0 saturated carbocycles. The van der Waals surface area contributed by atoms with E-state index in [4.69, 9.17) is 0 Å². The van der Waals surface area contributed by atoms with Gasteiger partial charge < -0.3 is 10.2 Å². The van der Waals surface area contributed by atoms with E-state index in [-0.39, 0.29) is 0 Å². The molecule has 1 heterocycles. The first kappa shape index (κ1) is 14.2. The summed E-state index contributed by atoms with van der Waals surface area (Å²) in [4.78, 5) is 2.42. The van der Waals surface area contributed by atoms with Crippen LogP contribution in [0.1, 0.15) is 36.1 Å². The summed E-state index contributed by atoms with van der Waals surface area (Å²) in [6, 6.07) is 18.3. The molecule has 1 aliphatic heterocycles. The van der Waals surface area contributed by atoms with Gasteiger partial charge in [0, 0.05) is 19.3 Å². The first-order chi connectivity index (χ1) is 10.3. The Labute approximate surface area is 127 Å². The van der Waals surface area contributed by atoms with Gasteiger partial charge in [0.25, 0.3) is 0 Å². The van der Waals surface area contributed by atoms with Gasteiger partial charge in [-0.05, 0) is 48.2 Å². The fraction of sp³-hybridized carbons (Fsp3) is 0.368. The molecule has 2 nitrogen and oxygen atoms in total. The van der Waals surface area contributed by atoms with Gasteiger partial charge in [0.05, 0.1) is 6.04 Å². The standard InChI is InChI=1S/C19H24N2/c1-3-15-8-10-17(11-9-15)21(2)19-12-13-20-14-16-6-4-5-7-18(16)19/h4-11,19-20H,3,12-14H2,1-2H3. The monoisotopic (exact) mass is 280 g/mol. The van der Waals surface area contributed by atoms with Gasteiger partial charge in [-0.3, -0.25) is 0 Å². The third-order valence-electron chi connectivity index (χ3n) is 4.54. The molecular formula is C19H24N2. The average Bonchev–Trinajstić information content (AvgIpc) is 2.77. The van der Waals surface area contributed by atoms with E-state index in [0.29, 0.717) is 6.04 Å². The maximum atomic E-state index is 3.53. The number of aryl methyl sites for hydroxylation is 1. The second-order valence-corrected chi connectivity index (χ2v) is 5.81. The number of nitrogens with one attached hydrogen (secondary N) is 1. The van der Waals surface area contributed by atoms with Crippen LogP contribution in [0.3, 0.4) is 0 Å². The summed E-state index contributed by atoms with van der Waals surface area (Å²) in [5, 5.41) is 3.53. The Kier molecular flexibility index (Phi) is 4.26. The summed E-state index contributed by atoms with van der Waals surface area (Å²) in [6.07, 6.45) is 2.24. The molecule has 0 spiro atoms. The zero-order chi connectivity index (χ0) is 14.7. The minimum absolute atomic E-state index is 0.448. The second-order valence-electron chi connectivity index (χ2n) is 5.81. The van der Waals surface area contributed by atoms with E-state index in [2.05, 4.69) is 72.7 Å². The summed E-state index contributed by atoms with van der Waals surface area (Å²) in [7, 11) is 2.22. The number of fused-ring (bicyclic) bond motifs is 1. The maximum Gasteiger partial charge on any atom is 0.0554 e. The Morgan fingerprint density at radius 1 is 1.10 bits per heavy atom. The SMILES string of the molecule is CCc1ccc(N(C)C2CCNCc3ccccc32)cc1. The van der Waals surface area contributed by atoms with E-state index in [1.54, 1.807) is 0 Å². The van der Waals surface area contributed by atoms with Gasteiger partial charge in [0.15, 0.2) is 0 Å². The van der Waals surface area contributed by atoms with Crippen molar-refractivity contribution in [2.75, 3.05) is 18.5 Å². The number of nitrogens with zero attached hydrogens (tertiary/aromatic N) is 1. The Bertz CT molecular complexity index is 589. The van der Waals surface area contributed by atoms with E-state index in [9.17, 15) is 0 Å². The van der Waals surface area contributed by atoms with Crippen molar-refractivity contribution in [3.05, 3.63) is 65.2 Å². The molecule has 1 N–H and O–H groups in total. The molecule has 0 amide bonds. The molecule has 0 saturated heterocycles. The van der Waals surface area contributed by atoms with E-state index in [1.165, 1.54) is 22.4 Å². The predicted molar refractivity (Wildman–Crippen MR) is 89.7 cm³/mol. The van der Waals surface area contributed by atoms with Crippen LogP contribution in [-0.4, -0.2) is 13.6 Å². The van der Waals surface area contributed by atoms with Crippen molar-refractivity contribution >= 4 is 5.69 Å². The molecule has 2 aromatic carbocycles. The van der Waals surface area contributed by atoms with Gasteiger partial charge in [-0.1, -0.05) is 43.3 Å². The molecule has 2 aromatic rings. The Balaban J connectivity index is 1.91. The number of hydrogen-bond acceptors (Lipinski definition) is 2. The third kappa shape index (κ3) is 2.96. The maximum absolute atomic E-state index is 3.53. The lowest BCUT2D eigenvalue weighted by Crippen LogP contribution is -2.25. The number of benzene rings is 2. The number of anilines is 1. The van der Waals surface area contributed by atoms with Gasteiger partial charge in [-0.2, -0.15) is 0 Å². The number of hydrogen-bond donors (Lipinski definition) is 1. The third-order valence-corrected chi connectivity index (χ3v) is 4.54. The van der Waals surface area contributed by atoms with Crippen LogP contribution in [0.4, 0.5) is 5.69 Å². The molecule has 2 heteroatoms. The van der Waals surface area contributed by atoms with Crippen molar-refractivity contribution < 1.29 is 0 Å². The first-order valence-electron chi connectivity index (χ1n) is 7.90. The lowest BCUT2D eigenvalue weighted by molar-refractivity contribution is 0.589. The van der Waals surface area contributed by atoms with Gasteiger partial charge in [0.1, 0.15) is 0 Å². The van der Waals surface area contributed by atoms with Crippen molar-refractivity contribution in [3.8, 4) is 0 Å². The molecule has 1 aliphatic rings. The summed E-state index contributed by atoms with van der Waals surface area (Å²) in [5.41, 5.74) is 5.59. The van der Waals surface area contributed by atoms with E-state index >= 15 is 0 Å². The highest BCUT2D eigenvalue weighted by Crippen LogP contribution is 2.31. The van der Waals surface area contributed by atoms with Crippen LogP contribution in [0.2, 0.25) is 0 Å². The average molecular weight is 280 g/mol.